The Labute approximate surface area is 171 Å². The van der Waals surface area contributed by atoms with Crippen molar-refractivity contribution in [1.29, 1.82) is 0 Å². The Morgan fingerprint density at radius 1 is 1.18 bits per heavy atom. The molecule has 0 aromatic carbocycles. The maximum atomic E-state index is 4.60. The van der Waals surface area contributed by atoms with Gasteiger partial charge in [-0.05, 0) is 25.0 Å². The number of pyridine rings is 1. The number of nitrogens with zero attached hydrogens (tertiary/aromatic N) is 6. The number of aromatic nitrogens is 3. The highest BCUT2D eigenvalue weighted by Crippen LogP contribution is 2.19. The van der Waals surface area contributed by atoms with Crippen LogP contribution in [0.25, 0.3) is 0 Å². The van der Waals surface area contributed by atoms with Gasteiger partial charge in [-0.15, -0.1) is 0 Å². The summed E-state index contributed by atoms with van der Waals surface area (Å²) in [5.74, 6) is 2.87. The number of piperazine rings is 1. The predicted molar refractivity (Wildman–Crippen MR) is 116 cm³/mol. The van der Waals surface area contributed by atoms with Crippen molar-refractivity contribution >= 4 is 28.4 Å². The fourth-order valence-corrected chi connectivity index (χ4v) is 3.89. The van der Waals surface area contributed by atoms with Crippen LogP contribution in [0.3, 0.4) is 0 Å². The van der Waals surface area contributed by atoms with E-state index in [0.29, 0.717) is 0 Å². The van der Waals surface area contributed by atoms with Crippen molar-refractivity contribution < 1.29 is 0 Å². The van der Waals surface area contributed by atoms with Gasteiger partial charge in [-0.3, -0.25) is 4.99 Å². The Morgan fingerprint density at radius 2 is 2.00 bits per heavy atom. The first-order valence-electron chi connectivity index (χ1n) is 9.98. The van der Waals surface area contributed by atoms with Gasteiger partial charge in [-0.2, -0.15) is 4.37 Å². The average Bonchev–Trinajstić information content (AvgIpc) is 3.24. The first-order chi connectivity index (χ1) is 13.8. The van der Waals surface area contributed by atoms with Gasteiger partial charge in [-0.1, -0.05) is 13.0 Å². The molecule has 2 aromatic heterocycles. The lowest BCUT2D eigenvalue weighted by molar-refractivity contribution is 0.372. The van der Waals surface area contributed by atoms with E-state index < -0.39 is 0 Å². The van der Waals surface area contributed by atoms with Crippen LogP contribution in [-0.2, 0) is 6.42 Å². The molecule has 152 valence electrons. The van der Waals surface area contributed by atoms with E-state index in [-0.39, 0.29) is 0 Å². The quantitative estimate of drug-likeness (QED) is 0.397. The zero-order valence-corrected chi connectivity index (χ0v) is 17.6. The lowest BCUT2D eigenvalue weighted by Crippen LogP contribution is -2.52. The molecule has 28 heavy (non-hydrogen) atoms. The molecule has 0 saturated carbocycles. The van der Waals surface area contributed by atoms with Crippen LogP contribution >= 0.6 is 11.5 Å². The Bertz CT molecular complexity index is 725. The van der Waals surface area contributed by atoms with Gasteiger partial charge in [0.05, 0.1) is 0 Å². The maximum absolute atomic E-state index is 4.60. The summed E-state index contributed by atoms with van der Waals surface area (Å²) in [6.45, 7) is 7.74. The zero-order valence-electron chi connectivity index (χ0n) is 16.8. The van der Waals surface area contributed by atoms with Gasteiger partial charge >= 0.3 is 0 Å². The van der Waals surface area contributed by atoms with E-state index in [2.05, 4.69) is 46.7 Å². The lowest BCUT2D eigenvalue weighted by atomic mass is 10.3. The summed E-state index contributed by atoms with van der Waals surface area (Å²) in [7, 11) is 1.86. The number of aryl methyl sites for hydroxylation is 1. The summed E-state index contributed by atoms with van der Waals surface area (Å²) >= 11 is 1.51. The standard InChI is InChI=1S/C19H30N8S/c1-3-16-24-19(28-25-16)27-14-12-26(13-15-27)18(20-2)23-11-7-6-10-22-17-8-4-5-9-21-17/h4-5,8-9H,3,6-7,10-15H2,1-2H3,(H,20,23)(H,21,22). The summed E-state index contributed by atoms with van der Waals surface area (Å²) in [5.41, 5.74) is 0. The molecule has 1 fully saturated rings. The monoisotopic (exact) mass is 402 g/mol. The minimum atomic E-state index is 0.893. The van der Waals surface area contributed by atoms with E-state index >= 15 is 0 Å². The molecule has 0 amide bonds. The normalized spacial score (nSPS) is 15.0. The van der Waals surface area contributed by atoms with E-state index in [9.17, 15) is 0 Å². The van der Waals surface area contributed by atoms with Crippen molar-refractivity contribution in [2.24, 2.45) is 4.99 Å². The highest BCUT2D eigenvalue weighted by atomic mass is 32.1. The maximum Gasteiger partial charge on any atom is 0.205 e. The SMILES string of the molecule is CCc1nsc(N2CCN(C(=NC)NCCCCNc3ccccn3)CC2)n1. The van der Waals surface area contributed by atoms with Crippen molar-refractivity contribution in [3.63, 3.8) is 0 Å². The Morgan fingerprint density at radius 3 is 2.68 bits per heavy atom. The van der Waals surface area contributed by atoms with Crippen molar-refractivity contribution in [2.45, 2.75) is 26.2 Å². The summed E-state index contributed by atoms with van der Waals surface area (Å²) in [6, 6.07) is 5.91. The van der Waals surface area contributed by atoms with Gasteiger partial charge in [0, 0.05) is 70.5 Å². The number of hydrogen-bond acceptors (Lipinski definition) is 7. The van der Waals surface area contributed by atoms with Gasteiger partial charge in [0.15, 0.2) is 5.96 Å². The minimum Gasteiger partial charge on any atom is -0.370 e. The molecule has 1 aliphatic rings. The highest BCUT2D eigenvalue weighted by molar-refractivity contribution is 7.09. The topological polar surface area (TPSA) is 81.6 Å². The number of hydrogen-bond donors (Lipinski definition) is 2. The van der Waals surface area contributed by atoms with Crippen molar-refractivity contribution in [1.82, 2.24) is 24.6 Å². The first kappa shape index (κ1) is 20.3. The molecule has 0 aliphatic carbocycles. The molecule has 0 bridgehead atoms. The van der Waals surface area contributed by atoms with Crippen LogP contribution < -0.4 is 15.5 Å². The van der Waals surface area contributed by atoms with Crippen LogP contribution in [0.1, 0.15) is 25.6 Å². The largest absolute Gasteiger partial charge is 0.370 e. The number of guanidine groups is 1. The molecule has 2 N–H and O–H groups in total. The molecular formula is C19H30N8S. The molecule has 9 heteroatoms. The molecule has 1 saturated heterocycles. The van der Waals surface area contributed by atoms with E-state index in [1.165, 1.54) is 11.5 Å². The Balaban J connectivity index is 1.33. The minimum absolute atomic E-state index is 0.893. The summed E-state index contributed by atoms with van der Waals surface area (Å²) in [6.07, 6.45) is 4.88. The second-order valence-electron chi connectivity index (χ2n) is 6.64. The third-order valence-electron chi connectivity index (χ3n) is 4.69. The smallest absolute Gasteiger partial charge is 0.205 e. The van der Waals surface area contributed by atoms with Gasteiger partial charge < -0.3 is 20.4 Å². The third-order valence-corrected chi connectivity index (χ3v) is 5.51. The van der Waals surface area contributed by atoms with Crippen LogP contribution in [0, 0.1) is 0 Å². The van der Waals surface area contributed by atoms with Crippen molar-refractivity contribution in [3.05, 3.63) is 30.2 Å². The van der Waals surface area contributed by atoms with Gasteiger partial charge in [0.25, 0.3) is 0 Å². The van der Waals surface area contributed by atoms with Crippen molar-refractivity contribution in [2.75, 3.05) is 56.5 Å². The van der Waals surface area contributed by atoms with Gasteiger partial charge in [0.2, 0.25) is 5.13 Å². The average molecular weight is 403 g/mol. The summed E-state index contributed by atoms with van der Waals surface area (Å²) in [4.78, 5) is 18.0. The number of nitrogens with one attached hydrogen (secondary N) is 2. The van der Waals surface area contributed by atoms with Gasteiger partial charge in [0.1, 0.15) is 11.6 Å². The molecular weight excluding hydrogens is 372 g/mol. The molecule has 3 heterocycles. The molecule has 0 atom stereocenters. The van der Waals surface area contributed by atoms with Crippen LogP contribution in [-0.4, -0.2) is 71.5 Å². The third kappa shape index (κ3) is 5.79. The van der Waals surface area contributed by atoms with Crippen LogP contribution in [0.15, 0.2) is 29.4 Å². The molecule has 2 aromatic rings. The second kappa shape index (κ2) is 10.8. The van der Waals surface area contributed by atoms with Gasteiger partial charge in [-0.25, -0.2) is 9.97 Å². The predicted octanol–water partition coefficient (Wildman–Crippen LogP) is 2.09. The number of unbranched alkanes of at least 4 members (excludes halogenated alkanes) is 1. The highest BCUT2D eigenvalue weighted by Gasteiger charge is 2.21. The first-order valence-corrected chi connectivity index (χ1v) is 10.8. The second-order valence-corrected chi connectivity index (χ2v) is 7.37. The van der Waals surface area contributed by atoms with E-state index in [4.69, 9.17) is 0 Å². The van der Waals surface area contributed by atoms with E-state index in [0.717, 1.165) is 81.3 Å². The molecule has 3 rings (SSSR count). The van der Waals surface area contributed by atoms with Crippen LogP contribution in [0.5, 0.6) is 0 Å². The molecule has 1 aliphatic heterocycles. The van der Waals surface area contributed by atoms with E-state index in [1.807, 2.05) is 25.2 Å². The van der Waals surface area contributed by atoms with Crippen molar-refractivity contribution in [3.8, 4) is 0 Å². The Kier molecular flexibility index (Phi) is 7.83. The zero-order chi connectivity index (χ0) is 19.6. The number of aliphatic imine (C=N–C) groups is 1. The lowest BCUT2D eigenvalue weighted by Gasteiger charge is -2.36. The fourth-order valence-electron chi connectivity index (χ4n) is 3.09. The van der Waals surface area contributed by atoms with Crippen LogP contribution in [0.2, 0.25) is 0 Å². The molecule has 0 unspecified atom stereocenters. The molecule has 0 spiro atoms. The number of rotatable bonds is 8. The van der Waals surface area contributed by atoms with E-state index in [1.54, 1.807) is 6.20 Å². The number of anilines is 2. The molecule has 0 radical (unpaired) electrons. The molecule has 8 nitrogen and oxygen atoms in total. The summed E-state index contributed by atoms with van der Waals surface area (Å²) < 4.78 is 4.39. The Hall–Kier alpha value is -2.42. The summed E-state index contributed by atoms with van der Waals surface area (Å²) in [5, 5.41) is 7.88. The van der Waals surface area contributed by atoms with Crippen LogP contribution in [0.4, 0.5) is 10.9 Å². The fraction of sp³-hybridized carbons (Fsp3) is 0.579.